The quantitative estimate of drug-likeness (QED) is 0.458. The third kappa shape index (κ3) is 4.81. The monoisotopic (exact) mass is 343 g/mol. The Bertz CT molecular complexity index is 451. The summed E-state index contributed by atoms with van der Waals surface area (Å²) in [4.78, 5) is 19.2. The van der Waals surface area contributed by atoms with E-state index in [1.165, 1.54) is 0 Å². The second-order valence-electron chi connectivity index (χ2n) is 7.27. The summed E-state index contributed by atoms with van der Waals surface area (Å²) in [5, 5.41) is 7.76. The zero-order chi connectivity index (χ0) is 17.9. The van der Waals surface area contributed by atoms with Crippen molar-refractivity contribution in [2.45, 2.75) is 70.4 Å². The molecule has 2 bridgehead atoms. The van der Waals surface area contributed by atoms with Crippen molar-refractivity contribution in [3.63, 3.8) is 0 Å². The van der Waals surface area contributed by atoms with Gasteiger partial charge in [-0.25, -0.2) is 4.79 Å². The first-order valence-corrected chi connectivity index (χ1v) is 8.37. The number of amides is 1. The van der Waals surface area contributed by atoms with E-state index in [1.807, 2.05) is 20.8 Å². The number of nitrogens with one attached hydrogen (secondary N) is 2. The van der Waals surface area contributed by atoms with Crippen LogP contribution in [0.25, 0.3) is 0 Å². The normalized spacial score (nSPS) is 28.2. The van der Waals surface area contributed by atoms with Gasteiger partial charge in [-0.3, -0.25) is 10.3 Å². The van der Waals surface area contributed by atoms with Crippen LogP contribution in [0.4, 0.5) is 4.79 Å². The van der Waals surface area contributed by atoms with E-state index in [0.29, 0.717) is 26.1 Å². The Kier molecular flexibility index (Phi) is 6.06. The minimum Gasteiger partial charge on any atom is -0.444 e. The minimum absolute atomic E-state index is 0.0356. The Morgan fingerprint density at radius 1 is 1.29 bits per heavy atom. The third-order valence-electron chi connectivity index (χ3n) is 4.06. The molecule has 0 saturated carbocycles. The second-order valence-corrected chi connectivity index (χ2v) is 7.27. The van der Waals surface area contributed by atoms with Crippen LogP contribution in [0.2, 0.25) is 0 Å². The molecule has 138 valence electrons. The summed E-state index contributed by atoms with van der Waals surface area (Å²) in [6, 6.07) is -0.132. The van der Waals surface area contributed by atoms with E-state index >= 15 is 0 Å². The van der Waals surface area contributed by atoms with E-state index in [0.717, 1.165) is 0 Å². The summed E-state index contributed by atoms with van der Waals surface area (Å²) in [5.74, 6) is 0.0356. The van der Waals surface area contributed by atoms with Crippen molar-refractivity contribution in [3.8, 4) is 0 Å². The standard InChI is InChI=1S/C16H29N3O5/c1-10(14(17)24-18-5)22-13-6-11-8-21-9-12(7-13)19(11)15(20)23-16(2,3)4/h10-13,17-18H,6-9H2,1-5H3/t10-,11?,12?,13?/m1/s1. The Labute approximate surface area is 143 Å². The van der Waals surface area contributed by atoms with Crippen LogP contribution in [-0.2, 0) is 19.0 Å². The summed E-state index contributed by atoms with van der Waals surface area (Å²) >= 11 is 0. The highest BCUT2D eigenvalue weighted by Crippen LogP contribution is 2.31. The molecule has 0 aliphatic carbocycles. The zero-order valence-electron chi connectivity index (χ0n) is 15.1. The van der Waals surface area contributed by atoms with E-state index < -0.39 is 11.7 Å². The number of morpholine rings is 1. The van der Waals surface area contributed by atoms with Crippen LogP contribution in [0, 0.1) is 5.41 Å². The number of nitrogens with zero attached hydrogens (tertiary/aromatic N) is 1. The molecule has 8 heteroatoms. The SMILES string of the molecule is CNOC(=N)[C@@H](C)OC1CC2COCC(C1)N2C(=O)OC(C)(C)C. The highest BCUT2D eigenvalue weighted by atomic mass is 16.7. The third-order valence-corrected chi connectivity index (χ3v) is 4.06. The molecule has 0 spiro atoms. The van der Waals surface area contributed by atoms with Gasteiger partial charge in [0.25, 0.3) is 0 Å². The van der Waals surface area contributed by atoms with Crippen molar-refractivity contribution in [1.29, 1.82) is 5.41 Å². The van der Waals surface area contributed by atoms with Gasteiger partial charge in [0.15, 0.2) is 0 Å². The second kappa shape index (κ2) is 7.67. The average Bonchev–Trinajstić information content (AvgIpc) is 2.44. The van der Waals surface area contributed by atoms with Crippen LogP contribution in [0.3, 0.4) is 0 Å². The number of hydrogen-bond acceptors (Lipinski definition) is 7. The summed E-state index contributed by atoms with van der Waals surface area (Å²) in [5.41, 5.74) is 1.96. The summed E-state index contributed by atoms with van der Waals surface area (Å²) in [6.45, 7) is 8.33. The molecule has 2 rings (SSSR count). The predicted octanol–water partition coefficient (Wildman–Crippen LogP) is 1.69. The van der Waals surface area contributed by atoms with E-state index in [4.69, 9.17) is 24.5 Å². The lowest BCUT2D eigenvalue weighted by Crippen LogP contribution is -2.61. The van der Waals surface area contributed by atoms with Crippen molar-refractivity contribution in [2.24, 2.45) is 0 Å². The number of rotatable bonds is 4. The fourth-order valence-corrected chi connectivity index (χ4v) is 3.13. The number of ether oxygens (including phenoxy) is 3. The summed E-state index contributed by atoms with van der Waals surface area (Å²) < 4.78 is 17.1. The molecule has 1 amide bonds. The summed E-state index contributed by atoms with van der Waals surface area (Å²) in [7, 11) is 1.60. The first kappa shape index (κ1) is 19.0. The van der Waals surface area contributed by atoms with Crippen molar-refractivity contribution in [3.05, 3.63) is 0 Å². The van der Waals surface area contributed by atoms with Gasteiger partial charge < -0.3 is 19.0 Å². The Morgan fingerprint density at radius 2 is 1.88 bits per heavy atom. The predicted molar refractivity (Wildman–Crippen MR) is 87.9 cm³/mol. The largest absolute Gasteiger partial charge is 0.444 e. The van der Waals surface area contributed by atoms with E-state index in [2.05, 4.69) is 5.48 Å². The van der Waals surface area contributed by atoms with E-state index in [9.17, 15) is 4.79 Å². The maximum Gasteiger partial charge on any atom is 0.410 e. The molecule has 0 aromatic carbocycles. The van der Waals surface area contributed by atoms with Gasteiger partial charge in [-0.15, -0.1) is 0 Å². The highest BCUT2D eigenvalue weighted by molar-refractivity contribution is 5.76. The number of fused-ring (bicyclic) bond motifs is 2. The van der Waals surface area contributed by atoms with Crippen LogP contribution in [0.15, 0.2) is 0 Å². The molecular weight excluding hydrogens is 314 g/mol. The van der Waals surface area contributed by atoms with Gasteiger partial charge in [0, 0.05) is 7.05 Å². The number of hydrogen-bond donors (Lipinski definition) is 2. The molecule has 2 aliphatic heterocycles. The van der Waals surface area contributed by atoms with E-state index in [1.54, 1.807) is 18.9 Å². The molecule has 2 aliphatic rings. The van der Waals surface area contributed by atoms with Gasteiger partial charge in [-0.1, -0.05) is 0 Å². The van der Waals surface area contributed by atoms with Gasteiger partial charge in [0.2, 0.25) is 5.90 Å². The molecule has 2 fully saturated rings. The van der Waals surface area contributed by atoms with Gasteiger partial charge in [-0.2, -0.15) is 5.48 Å². The molecule has 0 aromatic rings. The van der Waals surface area contributed by atoms with Gasteiger partial charge in [0.05, 0.1) is 31.4 Å². The highest BCUT2D eigenvalue weighted by Gasteiger charge is 2.44. The van der Waals surface area contributed by atoms with Crippen LogP contribution in [0.1, 0.15) is 40.5 Å². The Hall–Kier alpha value is -1.38. The lowest BCUT2D eigenvalue weighted by molar-refractivity contribution is -0.122. The first-order valence-electron chi connectivity index (χ1n) is 8.37. The number of piperidine rings is 1. The molecule has 2 saturated heterocycles. The van der Waals surface area contributed by atoms with Gasteiger partial charge >= 0.3 is 6.09 Å². The van der Waals surface area contributed by atoms with Crippen molar-refractivity contribution >= 4 is 12.0 Å². The van der Waals surface area contributed by atoms with Gasteiger partial charge in [-0.05, 0) is 40.5 Å². The zero-order valence-corrected chi connectivity index (χ0v) is 15.1. The first-order chi connectivity index (χ1) is 11.2. The number of carbonyl (C=O) groups excluding carboxylic acids is 1. The fourth-order valence-electron chi connectivity index (χ4n) is 3.13. The molecule has 2 N–H and O–H groups in total. The summed E-state index contributed by atoms with van der Waals surface area (Å²) in [6.07, 6.45) is 0.536. The van der Waals surface area contributed by atoms with Crippen molar-refractivity contribution in [2.75, 3.05) is 20.3 Å². The van der Waals surface area contributed by atoms with Gasteiger partial charge in [0.1, 0.15) is 11.7 Å². The lowest BCUT2D eigenvalue weighted by Gasteiger charge is -2.48. The minimum atomic E-state index is -0.520. The topological polar surface area (TPSA) is 93.1 Å². The van der Waals surface area contributed by atoms with Crippen LogP contribution in [0.5, 0.6) is 0 Å². The molecule has 2 heterocycles. The van der Waals surface area contributed by atoms with Crippen LogP contribution in [-0.4, -0.2) is 67.0 Å². The number of hydroxylamine groups is 1. The maximum atomic E-state index is 12.5. The molecule has 0 aromatic heterocycles. The molecular formula is C16H29N3O5. The molecule has 2 unspecified atom stereocenters. The Morgan fingerprint density at radius 3 is 2.38 bits per heavy atom. The Balaban J connectivity index is 1.97. The number of carbonyl (C=O) groups is 1. The van der Waals surface area contributed by atoms with Crippen LogP contribution >= 0.6 is 0 Å². The smallest absolute Gasteiger partial charge is 0.410 e. The average molecular weight is 343 g/mol. The molecule has 8 nitrogen and oxygen atoms in total. The van der Waals surface area contributed by atoms with E-state index in [-0.39, 0.29) is 30.2 Å². The van der Waals surface area contributed by atoms with Crippen LogP contribution < -0.4 is 5.48 Å². The lowest BCUT2D eigenvalue weighted by atomic mass is 9.92. The molecule has 24 heavy (non-hydrogen) atoms. The molecule has 3 atom stereocenters. The van der Waals surface area contributed by atoms with Crippen molar-refractivity contribution in [1.82, 2.24) is 10.4 Å². The fraction of sp³-hybridized carbons (Fsp3) is 0.875. The molecule has 0 radical (unpaired) electrons. The van der Waals surface area contributed by atoms with Crippen molar-refractivity contribution < 1.29 is 23.8 Å². The maximum absolute atomic E-state index is 12.5.